The van der Waals surface area contributed by atoms with Crippen LogP contribution in [0.5, 0.6) is 11.5 Å². The number of rotatable bonds is 2. The second-order valence-corrected chi connectivity index (χ2v) is 5.34. The topological polar surface area (TPSA) is 114 Å². The molecule has 0 spiro atoms. The van der Waals surface area contributed by atoms with Gasteiger partial charge in [0.2, 0.25) is 0 Å². The van der Waals surface area contributed by atoms with Gasteiger partial charge in [0.1, 0.15) is 35.8 Å². The molecule has 0 aliphatic heterocycles. The van der Waals surface area contributed by atoms with Crippen LogP contribution in [0.15, 0.2) is 24.3 Å². The zero-order valence-electron chi connectivity index (χ0n) is 13.9. The largest absolute Gasteiger partial charge is 0.496 e. The minimum atomic E-state index is -0.133. The number of hydrogen-bond donors (Lipinski definition) is 0. The lowest BCUT2D eigenvalue weighted by atomic mass is 9.88. The lowest BCUT2D eigenvalue weighted by molar-refractivity contribution is 0.407. The molecule has 26 heavy (non-hydrogen) atoms. The van der Waals surface area contributed by atoms with E-state index in [2.05, 4.69) is 0 Å². The summed E-state index contributed by atoms with van der Waals surface area (Å²) < 4.78 is 11.0. The summed E-state index contributed by atoms with van der Waals surface area (Å²) in [4.78, 5) is 0. The molecule has 3 rings (SSSR count). The minimum absolute atomic E-state index is 0.00251. The van der Waals surface area contributed by atoms with E-state index in [9.17, 15) is 21.0 Å². The van der Waals surface area contributed by atoms with Crippen LogP contribution in [0.2, 0.25) is 0 Å². The van der Waals surface area contributed by atoms with Gasteiger partial charge in [0.15, 0.2) is 0 Å². The number of methoxy groups -OCH3 is 2. The quantitative estimate of drug-likeness (QED) is 0.661. The Morgan fingerprint density at radius 2 is 1.35 bits per heavy atom. The van der Waals surface area contributed by atoms with Crippen molar-refractivity contribution in [1.82, 2.24) is 0 Å². The highest BCUT2D eigenvalue weighted by molar-refractivity contribution is 6.12. The summed E-state index contributed by atoms with van der Waals surface area (Å²) in [5.41, 5.74) is -0.196. The summed E-state index contributed by atoms with van der Waals surface area (Å²) in [6.45, 7) is 0. The smallest absolute Gasteiger partial charge is 0.139 e. The Kier molecular flexibility index (Phi) is 4.04. The predicted octanol–water partition coefficient (Wildman–Crippen LogP) is 3.50. The molecule has 0 heterocycles. The number of ether oxygens (including phenoxy) is 2. The second-order valence-electron chi connectivity index (χ2n) is 5.34. The number of benzene rings is 3. The van der Waals surface area contributed by atoms with Gasteiger partial charge in [-0.15, -0.1) is 0 Å². The van der Waals surface area contributed by atoms with Gasteiger partial charge in [0.25, 0.3) is 0 Å². The molecule has 0 saturated heterocycles. The number of nitrogens with zero attached hydrogens (tertiary/aromatic N) is 4. The van der Waals surface area contributed by atoms with Crippen molar-refractivity contribution in [1.29, 1.82) is 21.0 Å². The summed E-state index contributed by atoms with van der Waals surface area (Å²) in [7, 11) is 2.96. The number of fused-ring (bicyclic) bond motifs is 2. The van der Waals surface area contributed by atoms with E-state index in [1.165, 1.54) is 14.2 Å². The zero-order valence-corrected chi connectivity index (χ0v) is 13.9. The van der Waals surface area contributed by atoms with Gasteiger partial charge in [-0.2, -0.15) is 21.0 Å². The van der Waals surface area contributed by atoms with Crippen molar-refractivity contribution in [2.24, 2.45) is 0 Å². The normalized spacial score (nSPS) is 9.77. The van der Waals surface area contributed by atoms with Crippen LogP contribution in [0, 0.1) is 45.3 Å². The Morgan fingerprint density at radius 1 is 0.731 bits per heavy atom. The molecule has 3 aromatic rings. The van der Waals surface area contributed by atoms with Crippen LogP contribution in [0.4, 0.5) is 0 Å². The standard InChI is InChI=1S/C20H10N4O2/c1-25-17-5-3-4-11-6-12-13(7-21)14(8-22)15(9-23)16(10-24)19(12)20(26-2)18(11)17/h3-6H,1-2H3. The van der Waals surface area contributed by atoms with Crippen molar-refractivity contribution < 1.29 is 9.47 Å². The van der Waals surface area contributed by atoms with Gasteiger partial charge in [-0.05, 0) is 17.5 Å². The van der Waals surface area contributed by atoms with E-state index in [4.69, 9.17) is 9.47 Å². The van der Waals surface area contributed by atoms with Crippen LogP contribution in [0.25, 0.3) is 21.5 Å². The van der Waals surface area contributed by atoms with Gasteiger partial charge < -0.3 is 9.47 Å². The molecule has 0 radical (unpaired) electrons. The first kappa shape index (κ1) is 16.6. The average Bonchev–Trinajstić information content (AvgIpc) is 2.69. The second kappa shape index (κ2) is 6.33. The maximum Gasteiger partial charge on any atom is 0.139 e. The van der Waals surface area contributed by atoms with E-state index in [1.54, 1.807) is 18.2 Å². The van der Waals surface area contributed by atoms with E-state index in [0.717, 1.165) is 5.39 Å². The first-order chi connectivity index (χ1) is 12.7. The zero-order chi connectivity index (χ0) is 18.8. The number of nitriles is 4. The van der Waals surface area contributed by atoms with E-state index < -0.39 is 0 Å². The Hall–Kier alpha value is -4.26. The Morgan fingerprint density at radius 3 is 1.88 bits per heavy atom. The van der Waals surface area contributed by atoms with Crippen LogP contribution in [0.1, 0.15) is 22.3 Å². The van der Waals surface area contributed by atoms with Crippen LogP contribution < -0.4 is 9.47 Å². The van der Waals surface area contributed by atoms with Crippen molar-refractivity contribution in [3.05, 3.63) is 46.5 Å². The number of hydrogen-bond acceptors (Lipinski definition) is 6. The van der Waals surface area contributed by atoms with Crippen molar-refractivity contribution >= 4 is 21.5 Å². The van der Waals surface area contributed by atoms with Crippen molar-refractivity contribution in [2.45, 2.75) is 0 Å². The van der Waals surface area contributed by atoms with Crippen LogP contribution >= 0.6 is 0 Å². The fraction of sp³-hybridized carbons (Fsp3) is 0.100. The highest BCUT2D eigenvalue weighted by atomic mass is 16.5. The first-order valence-electron chi connectivity index (χ1n) is 7.44. The third kappa shape index (κ3) is 2.08. The van der Waals surface area contributed by atoms with Crippen LogP contribution in [0.3, 0.4) is 0 Å². The highest BCUT2D eigenvalue weighted by Crippen LogP contribution is 2.44. The molecule has 0 saturated carbocycles. The van der Waals surface area contributed by atoms with E-state index in [0.29, 0.717) is 27.7 Å². The Balaban J connectivity index is 2.79. The first-order valence-corrected chi connectivity index (χ1v) is 7.44. The molecule has 0 amide bonds. The van der Waals surface area contributed by atoms with Gasteiger partial charge in [0.05, 0.1) is 41.9 Å². The van der Waals surface area contributed by atoms with Gasteiger partial charge in [-0.3, -0.25) is 0 Å². The van der Waals surface area contributed by atoms with Crippen molar-refractivity contribution in [3.63, 3.8) is 0 Å². The summed E-state index contributed by atoms with van der Waals surface area (Å²) in [6.07, 6.45) is 0. The predicted molar refractivity (Wildman–Crippen MR) is 93.4 cm³/mol. The van der Waals surface area contributed by atoms with Crippen LogP contribution in [-0.2, 0) is 0 Å². The molecule has 0 N–H and O–H groups in total. The molecule has 0 aliphatic rings. The fourth-order valence-corrected chi connectivity index (χ4v) is 3.17. The molecule has 0 atom stereocenters. The Labute approximate surface area is 149 Å². The summed E-state index contributed by atoms with van der Waals surface area (Å²) in [6, 6.07) is 14.8. The maximum absolute atomic E-state index is 9.67. The third-order valence-electron chi connectivity index (χ3n) is 4.22. The SMILES string of the molecule is COc1cccc2cc3c(C#N)c(C#N)c(C#N)c(C#N)c3c(OC)c12. The highest BCUT2D eigenvalue weighted by Gasteiger charge is 2.24. The molecule has 122 valence electrons. The monoisotopic (exact) mass is 338 g/mol. The summed E-state index contributed by atoms with van der Waals surface area (Å²) >= 11 is 0. The third-order valence-corrected chi connectivity index (χ3v) is 4.22. The molecule has 0 fully saturated rings. The van der Waals surface area contributed by atoms with Crippen molar-refractivity contribution in [2.75, 3.05) is 14.2 Å². The maximum atomic E-state index is 9.67. The average molecular weight is 338 g/mol. The Bertz CT molecular complexity index is 1250. The van der Waals surface area contributed by atoms with Gasteiger partial charge in [-0.1, -0.05) is 12.1 Å². The van der Waals surface area contributed by atoms with Gasteiger partial charge >= 0.3 is 0 Å². The van der Waals surface area contributed by atoms with Crippen molar-refractivity contribution in [3.8, 4) is 35.8 Å². The molecule has 0 unspecified atom stereocenters. The molecule has 6 nitrogen and oxygen atoms in total. The van der Waals surface area contributed by atoms with Crippen LogP contribution in [-0.4, -0.2) is 14.2 Å². The minimum Gasteiger partial charge on any atom is -0.496 e. The lowest BCUT2D eigenvalue weighted by Gasteiger charge is -2.16. The molecule has 0 aliphatic carbocycles. The summed E-state index contributed by atoms with van der Waals surface area (Å²) in [5, 5.41) is 40.3. The van der Waals surface area contributed by atoms with E-state index in [-0.39, 0.29) is 22.3 Å². The molecule has 3 aromatic carbocycles. The molecule has 0 aromatic heterocycles. The lowest BCUT2D eigenvalue weighted by Crippen LogP contribution is -2.00. The van der Waals surface area contributed by atoms with Gasteiger partial charge in [-0.25, -0.2) is 0 Å². The molecule has 0 bridgehead atoms. The summed E-state index contributed by atoms with van der Waals surface area (Å²) in [5.74, 6) is 0.857. The molecular formula is C20H10N4O2. The van der Waals surface area contributed by atoms with Gasteiger partial charge in [0, 0.05) is 10.8 Å². The van der Waals surface area contributed by atoms with E-state index in [1.807, 2.05) is 30.3 Å². The molecule has 6 heteroatoms. The molecular weight excluding hydrogens is 328 g/mol. The van der Waals surface area contributed by atoms with E-state index >= 15 is 0 Å². The fourth-order valence-electron chi connectivity index (χ4n) is 3.17.